The van der Waals surface area contributed by atoms with E-state index in [4.69, 9.17) is 9.66 Å². The highest BCUT2D eigenvalue weighted by Gasteiger charge is 2.42. The minimum Gasteiger partial charge on any atom is -0.494 e. The number of hydrogen-bond donors (Lipinski definition) is 9. The predicted octanol–water partition coefficient (Wildman–Crippen LogP) is 13.8. The summed E-state index contributed by atoms with van der Waals surface area (Å²) in [5, 5.41) is 30.9. The smallest absolute Gasteiger partial charge is 0.335 e. The van der Waals surface area contributed by atoms with Gasteiger partial charge in [-0.3, -0.25) is 62.0 Å². The lowest BCUT2D eigenvalue weighted by Crippen LogP contribution is -2.30. The Morgan fingerprint density at radius 3 is 1.67 bits per heavy atom. The van der Waals surface area contributed by atoms with E-state index >= 15 is 0 Å². The van der Waals surface area contributed by atoms with Crippen molar-refractivity contribution in [1.29, 1.82) is 0 Å². The molecule has 124 heavy (non-hydrogen) atoms. The number of carboxylic acids is 1. The summed E-state index contributed by atoms with van der Waals surface area (Å²) in [7, 11) is -4.28. The van der Waals surface area contributed by atoms with Crippen LogP contribution in [0.2, 0.25) is 0 Å². The number of nitrogens with zero attached hydrogens (tertiary/aromatic N) is 6. The van der Waals surface area contributed by atoms with Gasteiger partial charge in [0.05, 0.1) is 97.1 Å². The number of aromatic carboxylic acids is 1. The lowest BCUT2D eigenvalue weighted by atomic mass is 9.97. The van der Waals surface area contributed by atoms with Crippen molar-refractivity contribution in [3.05, 3.63) is 273 Å². The third-order valence-electron chi connectivity index (χ3n) is 21.3. The highest BCUT2D eigenvalue weighted by atomic mass is 32.2. The van der Waals surface area contributed by atoms with Gasteiger partial charge in [0, 0.05) is 48.6 Å². The Hall–Kier alpha value is -14.1. The SMILES string of the molecule is CCN1C(=O)c2ccc(-c3ccc4c(c3)C(=O)N(c3ccccc3S(=O)(=O)O)C4=O)cc2C1=O.CN(C)CCCCCCCCCCC(=O)NC1=Nc2ccccc2C1.O=C1Cc2ccc(N3C(=O)c4ccc(C(=O)O)cc4C3=O)cc2N1.O=C1Cc2ccc(NCCCCS(=O)(=O)O)cc2N1.O=C1N=C(c2ccccc2)c2c(O)[nH]c(-c3ccccc3)c21. The number of nitrogens with one attached hydrogen (secondary N) is 5. The number of imide groups is 3. The summed E-state index contributed by atoms with van der Waals surface area (Å²) in [5.74, 6) is -4.31. The van der Waals surface area contributed by atoms with Gasteiger partial charge in [0.1, 0.15) is 10.7 Å². The number of hydrogen-bond acceptors (Lipinski definition) is 19. The molecule has 0 bridgehead atoms. The van der Waals surface area contributed by atoms with Gasteiger partial charge < -0.3 is 41.4 Å². The van der Waals surface area contributed by atoms with E-state index in [9.17, 15) is 79.2 Å². The van der Waals surface area contributed by atoms with Crippen molar-refractivity contribution in [1.82, 2.24) is 20.1 Å². The third-order valence-corrected chi connectivity index (χ3v) is 23.0. The van der Waals surface area contributed by atoms with Gasteiger partial charge in [-0.1, -0.05) is 154 Å². The quantitative estimate of drug-likeness (QED) is 0.0146. The molecule has 0 fully saturated rings. The second-order valence-electron chi connectivity index (χ2n) is 30.2. The summed E-state index contributed by atoms with van der Waals surface area (Å²) in [5.41, 5.74) is 12.0. The van der Waals surface area contributed by atoms with Crippen LogP contribution >= 0.6 is 0 Å². The first-order valence-electron chi connectivity index (χ1n) is 40.1. The molecular weight excluding hydrogens is 1630 g/mol. The van der Waals surface area contributed by atoms with Crippen LogP contribution < -0.4 is 31.1 Å². The van der Waals surface area contributed by atoms with Gasteiger partial charge in [-0.15, -0.1) is 0 Å². The maximum absolute atomic E-state index is 13.2. The van der Waals surface area contributed by atoms with Gasteiger partial charge >= 0.3 is 5.97 Å². The fourth-order valence-electron chi connectivity index (χ4n) is 15.1. The largest absolute Gasteiger partial charge is 0.494 e. The summed E-state index contributed by atoms with van der Waals surface area (Å²) < 4.78 is 62.7. The Balaban J connectivity index is 0.000000135. The Bertz CT molecular complexity index is 6270. The van der Waals surface area contributed by atoms with Crippen LogP contribution in [0.4, 0.5) is 34.1 Å². The lowest BCUT2D eigenvalue weighted by Gasteiger charge is -2.16. The first-order chi connectivity index (χ1) is 59.4. The molecule has 0 unspecified atom stereocenters. The lowest BCUT2D eigenvalue weighted by molar-refractivity contribution is -0.120. The van der Waals surface area contributed by atoms with E-state index in [1.807, 2.05) is 97.1 Å². The third kappa shape index (κ3) is 20.2. The molecule has 9 N–H and O–H groups in total. The highest BCUT2D eigenvalue weighted by molar-refractivity contribution is 7.86. The fraction of sp³-hybridized carbons (Fsp3) is 0.228. The standard InChI is InChI=1S/C24H16N2O7S.C21H33N3O.C18H12N2O2.C17H10N2O5.C12H16N2O4S/c1-2-25-21(27)15-9-7-13(11-17(15)22(25)28)14-8-10-16-18(12-14)24(30)26(23(16)29)19-5-3-4-6-20(19)34(31,32)33;1-24(2)16-12-8-6-4-3-5-7-9-15-21(25)23-20-17-18-13-10-11-14-19(18)22-20;21-17-13-14(16(20-17)12-9-5-2-6-10-12)18(22)19-15(13)11-7-3-1-4-8-11;20-14-6-8-1-3-10(7-13(8)18-14)19-15(21)11-4-2-9(17(23)24)5-12(11)16(19)22;15-12-7-9-3-4-10(8-11(9)14-12)13-5-1-2-6-19(16,17)18/h3-12H,2H2,1H3,(H,31,32,33);10-11,13-14H,3-9,12,15-17H2,1-2H3,(H,22,23,25);1-10,19,22H;1-5,7H,6H2,(H,18,20)(H,23,24);3-4,8,13H,1-2,5-7H2,(H,14,15)(H,16,17,18). The van der Waals surface area contributed by atoms with E-state index in [1.165, 1.54) is 99.2 Å². The van der Waals surface area contributed by atoms with E-state index in [0.717, 1.165) is 80.3 Å². The number of H-pyrrole nitrogens is 1. The van der Waals surface area contributed by atoms with Gasteiger partial charge in [-0.05, 0) is 172 Å². The summed E-state index contributed by atoms with van der Waals surface area (Å²) >= 11 is 0. The van der Waals surface area contributed by atoms with Crippen LogP contribution in [0, 0.1) is 0 Å². The molecule has 8 heterocycles. The molecule has 0 aliphatic carbocycles. The van der Waals surface area contributed by atoms with Crippen LogP contribution in [0.5, 0.6) is 5.88 Å². The number of aromatic amines is 1. The zero-order valence-electron chi connectivity index (χ0n) is 67.7. The Morgan fingerprint density at radius 1 is 0.500 bits per heavy atom. The van der Waals surface area contributed by atoms with Crippen molar-refractivity contribution in [3.63, 3.8) is 0 Å². The minimum absolute atomic E-state index is 0.000280. The number of para-hydroxylation sites is 2. The molecule has 0 saturated carbocycles. The molecule has 10 amide bonds. The Labute approximate surface area is 713 Å². The molecule has 10 aromatic rings. The number of benzene rings is 9. The first kappa shape index (κ1) is 87.8. The number of carbonyl (C=O) groups is 11. The van der Waals surface area contributed by atoms with E-state index < -0.39 is 60.6 Å². The topological polar surface area (TPSA) is 439 Å². The summed E-state index contributed by atoms with van der Waals surface area (Å²) in [6.45, 7) is 3.77. The molecule has 0 saturated heterocycles. The van der Waals surface area contributed by atoms with E-state index in [0.29, 0.717) is 87.7 Å². The number of aromatic nitrogens is 1. The molecule has 0 atom stereocenters. The normalized spacial score (nSPS) is 14.2. The molecule has 32 heteroatoms. The molecule has 9 aromatic carbocycles. The van der Waals surface area contributed by atoms with Crippen molar-refractivity contribution in [2.24, 2.45) is 9.98 Å². The second-order valence-corrected chi connectivity index (χ2v) is 33.2. The van der Waals surface area contributed by atoms with Crippen molar-refractivity contribution in [3.8, 4) is 28.3 Å². The molecule has 0 radical (unpaired) electrons. The number of carboxylic acid groups (broad SMARTS) is 1. The van der Waals surface area contributed by atoms with Crippen LogP contribution in [0.25, 0.3) is 22.4 Å². The second kappa shape index (κ2) is 38.4. The number of aromatic hydroxyl groups is 1. The van der Waals surface area contributed by atoms with Gasteiger partial charge in [-0.2, -0.15) is 16.8 Å². The maximum atomic E-state index is 13.2. The minimum atomic E-state index is -4.69. The summed E-state index contributed by atoms with van der Waals surface area (Å²) in [6.07, 6.45) is 13.1. The van der Waals surface area contributed by atoms with Gasteiger partial charge in [0.2, 0.25) is 17.7 Å². The summed E-state index contributed by atoms with van der Waals surface area (Å²) in [6, 6.07) is 55.7. The first-order valence-corrected chi connectivity index (χ1v) is 43.2. The molecule has 7 aliphatic rings. The number of rotatable bonds is 25. The van der Waals surface area contributed by atoms with Crippen molar-refractivity contribution >= 4 is 131 Å². The number of unbranched alkanes of at least 4 members (excludes halogenated alkanes) is 8. The van der Waals surface area contributed by atoms with Crippen LogP contribution in [0.1, 0.15) is 188 Å². The van der Waals surface area contributed by atoms with Crippen molar-refractivity contribution in [2.75, 3.05) is 65.2 Å². The van der Waals surface area contributed by atoms with Crippen LogP contribution in [0.15, 0.2) is 215 Å². The molecule has 30 nitrogen and oxygen atoms in total. The molecule has 17 rings (SSSR count). The van der Waals surface area contributed by atoms with Crippen LogP contribution in [0.3, 0.4) is 0 Å². The average Bonchev–Trinajstić information content (AvgIpc) is 1.68. The molecular formula is C92H87N11O19S2. The number of carbonyl (C=O) groups excluding carboxylic acids is 10. The molecule has 0 spiro atoms. The molecule has 1 aromatic heterocycles. The van der Waals surface area contributed by atoms with E-state index in [-0.39, 0.29) is 93.2 Å². The van der Waals surface area contributed by atoms with E-state index in [1.54, 1.807) is 49.4 Å². The number of fused-ring (bicyclic) bond motifs is 7. The zero-order chi connectivity index (χ0) is 88.3. The van der Waals surface area contributed by atoms with Crippen molar-refractivity contribution < 1.29 is 88.9 Å². The van der Waals surface area contributed by atoms with Gasteiger partial charge in [-0.25, -0.2) is 24.6 Å². The maximum Gasteiger partial charge on any atom is 0.335 e. The van der Waals surface area contributed by atoms with Gasteiger partial charge in [0.15, 0.2) is 5.88 Å². The van der Waals surface area contributed by atoms with Gasteiger partial charge in [0.25, 0.3) is 61.6 Å². The molecule has 7 aliphatic heterocycles. The number of amides is 10. The fourth-order valence-corrected chi connectivity index (χ4v) is 16.4. The number of amidine groups is 1. The Morgan fingerprint density at radius 2 is 1.04 bits per heavy atom. The summed E-state index contributed by atoms with van der Waals surface area (Å²) in [4.78, 5) is 150. The van der Waals surface area contributed by atoms with Crippen molar-refractivity contribution in [2.45, 2.75) is 102 Å². The highest BCUT2D eigenvalue weighted by Crippen LogP contribution is 2.41. The predicted molar refractivity (Wildman–Crippen MR) is 466 cm³/mol. The zero-order valence-corrected chi connectivity index (χ0v) is 69.3. The van der Waals surface area contributed by atoms with Crippen LogP contribution in [-0.4, -0.2) is 167 Å². The number of anilines is 5. The monoisotopic (exact) mass is 1710 g/mol. The average molecular weight is 1710 g/mol. The Kier molecular flexibility index (Phi) is 27.1. The van der Waals surface area contributed by atoms with E-state index in [2.05, 4.69) is 61.3 Å². The van der Waals surface area contributed by atoms with Crippen LogP contribution in [-0.2, 0) is 53.9 Å². The number of aliphatic imine (C=N–C) groups is 2. The molecule has 636 valence electrons.